The molecule has 2 aromatic rings. The molecule has 0 amide bonds. The number of aryl methyl sites for hydroxylation is 1. The molecule has 26 heavy (non-hydrogen) atoms. The highest BCUT2D eigenvalue weighted by molar-refractivity contribution is 5.95. The molecule has 0 bridgehead atoms. The Hall–Kier alpha value is -2.02. The number of anilines is 1. The van der Waals surface area contributed by atoms with Crippen molar-refractivity contribution in [2.75, 3.05) is 25.5 Å². The summed E-state index contributed by atoms with van der Waals surface area (Å²) in [7, 11) is 1.27. The number of rotatable bonds is 3. The van der Waals surface area contributed by atoms with E-state index in [0.29, 0.717) is 16.9 Å². The predicted molar refractivity (Wildman–Crippen MR) is 94.8 cm³/mol. The van der Waals surface area contributed by atoms with Crippen molar-refractivity contribution in [1.29, 1.82) is 0 Å². The van der Waals surface area contributed by atoms with Gasteiger partial charge in [0, 0.05) is 22.8 Å². The largest absolute Gasteiger partial charge is 0.496 e. The number of alkyl halides is 3. The van der Waals surface area contributed by atoms with Crippen LogP contribution in [0.5, 0.6) is 5.75 Å². The number of halogens is 3. The number of nitrogens with one attached hydrogen (secondary N) is 2. The first-order valence-corrected chi connectivity index (χ1v) is 9.05. The molecule has 2 aliphatic rings. The number of hydrogen-bond acceptors (Lipinski definition) is 4. The van der Waals surface area contributed by atoms with Crippen molar-refractivity contribution in [2.45, 2.75) is 44.3 Å². The summed E-state index contributed by atoms with van der Waals surface area (Å²) < 4.78 is 45.2. The van der Waals surface area contributed by atoms with Gasteiger partial charge in [-0.2, -0.15) is 13.2 Å². The molecule has 0 saturated carbocycles. The topological polar surface area (TPSA) is 46.2 Å². The minimum absolute atomic E-state index is 0.155. The normalized spacial score (nSPS) is 18.2. The van der Waals surface area contributed by atoms with E-state index in [-0.39, 0.29) is 5.75 Å². The zero-order chi connectivity index (χ0) is 18.3. The van der Waals surface area contributed by atoms with Gasteiger partial charge in [-0.25, -0.2) is 0 Å². The van der Waals surface area contributed by atoms with E-state index in [2.05, 4.69) is 15.6 Å². The Bertz CT molecular complexity index is 829. The third-order valence-corrected chi connectivity index (χ3v) is 5.33. The lowest BCUT2D eigenvalue weighted by atomic mass is 10.0. The fourth-order valence-electron chi connectivity index (χ4n) is 4.02. The summed E-state index contributed by atoms with van der Waals surface area (Å²) in [5.41, 5.74) is 2.63. The highest BCUT2D eigenvalue weighted by atomic mass is 19.4. The van der Waals surface area contributed by atoms with Crippen molar-refractivity contribution in [1.82, 2.24) is 10.3 Å². The summed E-state index contributed by atoms with van der Waals surface area (Å²) in [6.45, 7) is 1.90. The number of fused-ring (bicyclic) bond motifs is 2. The third kappa shape index (κ3) is 3.09. The van der Waals surface area contributed by atoms with Crippen LogP contribution in [0.25, 0.3) is 10.9 Å². The molecular weight excluding hydrogens is 343 g/mol. The van der Waals surface area contributed by atoms with Gasteiger partial charge in [-0.3, -0.25) is 4.98 Å². The second-order valence-corrected chi connectivity index (χ2v) is 7.00. The van der Waals surface area contributed by atoms with Gasteiger partial charge in [0.15, 0.2) is 0 Å². The van der Waals surface area contributed by atoms with Crippen molar-refractivity contribution < 1.29 is 17.9 Å². The van der Waals surface area contributed by atoms with Crippen molar-refractivity contribution in [3.63, 3.8) is 0 Å². The highest BCUT2D eigenvalue weighted by Crippen LogP contribution is 2.42. The monoisotopic (exact) mass is 365 g/mol. The van der Waals surface area contributed by atoms with Crippen LogP contribution in [-0.2, 0) is 19.0 Å². The van der Waals surface area contributed by atoms with Gasteiger partial charge in [-0.15, -0.1) is 0 Å². The van der Waals surface area contributed by atoms with E-state index in [1.807, 2.05) is 0 Å². The molecule has 0 atom stereocenters. The molecule has 1 fully saturated rings. The lowest BCUT2D eigenvalue weighted by Crippen LogP contribution is -2.35. The lowest BCUT2D eigenvalue weighted by Gasteiger charge is -2.27. The van der Waals surface area contributed by atoms with Crippen LogP contribution < -0.4 is 15.4 Å². The first kappa shape index (κ1) is 17.4. The Morgan fingerprint density at radius 2 is 1.96 bits per heavy atom. The maximum atomic E-state index is 13.4. The maximum absolute atomic E-state index is 13.4. The molecule has 2 heterocycles. The number of methoxy groups -OCH3 is 1. The summed E-state index contributed by atoms with van der Waals surface area (Å²) in [5, 5.41) is 7.67. The number of aromatic nitrogens is 1. The predicted octanol–water partition coefficient (Wildman–Crippen LogP) is 3.91. The number of pyridine rings is 1. The van der Waals surface area contributed by atoms with Crippen LogP contribution in [0, 0.1) is 0 Å². The standard InChI is InChI=1S/C19H22F3N3O/c1-26-17-9-13-16(10-14(17)19(20,21)22)25-15-4-2-3-12(15)18(13)24-11-5-7-23-8-6-11/h9-11,23H,2-8H2,1H3,(H,24,25). The van der Waals surface area contributed by atoms with E-state index >= 15 is 0 Å². The molecule has 1 aromatic carbocycles. The van der Waals surface area contributed by atoms with Crippen LogP contribution in [0.4, 0.5) is 18.9 Å². The van der Waals surface area contributed by atoms with Crippen molar-refractivity contribution >= 4 is 16.6 Å². The van der Waals surface area contributed by atoms with Gasteiger partial charge < -0.3 is 15.4 Å². The number of nitrogens with zero attached hydrogens (tertiary/aromatic N) is 1. The van der Waals surface area contributed by atoms with E-state index in [9.17, 15) is 13.2 Å². The second kappa shape index (κ2) is 6.61. The van der Waals surface area contributed by atoms with Crippen molar-refractivity contribution in [2.24, 2.45) is 0 Å². The van der Waals surface area contributed by atoms with E-state index in [0.717, 1.165) is 68.2 Å². The van der Waals surface area contributed by atoms with Crippen molar-refractivity contribution in [3.8, 4) is 5.75 Å². The summed E-state index contributed by atoms with van der Waals surface area (Å²) >= 11 is 0. The highest BCUT2D eigenvalue weighted by Gasteiger charge is 2.35. The Morgan fingerprint density at radius 3 is 2.65 bits per heavy atom. The molecule has 1 saturated heterocycles. The van der Waals surface area contributed by atoms with E-state index in [1.165, 1.54) is 13.2 Å². The smallest absolute Gasteiger partial charge is 0.420 e. The number of benzene rings is 1. The van der Waals surface area contributed by atoms with Crippen LogP contribution in [0.15, 0.2) is 12.1 Å². The minimum Gasteiger partial charge on any atom is -0.496 e. The Balaban J connectivity index is 1.88. The van der Waals surface area contributed by atoms with Crippen LogP contribution in [0.1, 0.15) is 36.1 Å². The van der Waals surface area contributed by atoms with Gasteiger partial charge in [-0.05, 0) is 62.9 Å². The lowest BCUT2D eigenvalue weighted by molar-refractivity contribution is -0.138. The van der Waals surface area contributed by atoms with E-state index in [4.69, 9.17) is 4.74 Å². The minimum atomic E-state index is -4.47. The summed E-state index contributed by atoms with van der Waals surface area (Å²) in [6, 6.07) is 2.94. The average molecular weight is 365 g/mol. The van der Waals surface area contributed by atoms with E-state index < -0.39 is 11.7 Å². The number of ether oxygens (including phenoxy) is 1. The first-order chi connectivity index (χ1) is 12.5. The molecular formula is C19H22F3N3O. The summed E-state index contributed by atoms with van der Waals surface area (Å²) in [5.74, 6) is -0.155. The van der Waals surface area contributed by atoms with Crippen molar-refractivity contribution in [3.05, 3.63) is 29.0 Å². The SMILES string of the molecule is COc1cc2c(NC3CCNCC3)c3c(nc2cc1C(F)(F)F)CCC3. The average Bonchev–Trinajstić information content (AvgIpc) is 3.09. The van der Waals surface area contributed by atoms with Crippen LogP contribution in [0.2, 0.25) is 0 Å². The number of piperidine rings is 1. The molecule has 4 nitrogen and oxygen atoms in total. The molecule has 140 valence electrons. The van der Waals surface area contributed by atoms with Gasteiger partial charge in [-0.1, -0.05) is 0 Å². The van der Waals surface area contributed by atoms with Crippen LogP contribution >= 0.6 is 0 Å². The molecule has 1 aliphatic heterocycles. The number of hydrogen-bond donors (Lipinski definition) is 2. The Morgan fingerprint density at radius 1 is 1.19 bits per heavy atom. The molecule has 7 heteroatoms. The van der Waals surface area contributed by atoms with Gasteiger partial charge >= 0.3 is 6.18 Å². The second-order valence-electron chi connectivity index (χ2n) is 7.00. The van der Waals surface area contributed by atoms with Crippen LogP contribution in [-0.4, -0.2) is 31.2 Å². The van der Waals surface area contributed by atoms with Gasteiger partial charge in [0.1, 0.15) is 5.75 Å². The third-order valence-electron chi connectivity index (χ3n) is 5.33. The fourth-order valence-corrected chi connectivity index (χ4v) is 4.02. The summed E-state index contributed by atoms with van der Waals surface area (Å²) in [4.78, 5) is 4.55. The molecule has 4 rings (SSSR count). The molecule has 1 aliphatic carbocycles. The zero-order valence-electron chi connectivity index (χ0n) is 14.7. The molecule has 0 spiro atoms. The van der Waals surface area contributed by atoms with Gasteiger partial charge in [0.05, 0.1) is 18.2 Å². The van der Waals surface area contributed by atoms with E-state index in [1.54, 1.807) is 0 Å². The zero-order valence-corrected chi connectivity index (χ0v) is 14.7. The van der Waals surface area contributed by atoms with Gasteiger partial charge in [0.2, 0.25) is 0 Å². The van der Waals surface area contributed by atoms with Crippen LogP contribution in [0.3, 0.4) is 0 Å². The van der Waals surface area contributed by atoms with Gasteiger partial charge in [0.25, 0.3) is 0 Å². The first-order valence-electron chi connectivity index (χ1n) is 9.05. The molecule has 0 radical (unpaired) electrons. The molecule has 0 unspecified atom stereocenters. The Labute approximate surface area is 150 Å². The summed E-state index contributed by atoms with van der Waals surface area (Å²) in [6.07, 6.45) is 0.243. The molecule has 1 aromatic heterocycles. The fraction of sp³-hybridized carbons (Fsp3) is 0.526. The Kier molecular flexibility index (Phi) is 4.42. The molecule has 2 N–H and O–H groups in total. The maximum Gasteiger partial charge on any atom is 0.420 e. The quantitative estimate of drug-likeness (QED) is 0.866.